The number of nitrogens with one attached hydrogen (secondary N) is 2. The first-order chi connectivity index (χ1) is 13.4. The van der Waals surface area contributed by atoms with Crippen molar-refractivity contribution in [2.75, 3.05) is 11.9 Å². The lowest BCUT2D eigenvalue weighted by atomic mass is 10.2. The van der Waals surface area contributed by atoms with Crippen LogP contribution in [0.1, 0.15) is 25.3 Å². The summed E-state index contributed by atoms with van der Waals surface area (Å²) in [6, 6.07) is 10.1. The second-order valence-corrected chi connectivity index (χ2v) is 7.41. The summed E-state index contributed by atoms with van der Waals surface area (Å²) in [4.78, 5) is 23.8. The van der Waals surface area contributed by atoms with Crippen molar-refractivity contribution in [3.63, 3.8) is 0 Å². The van der Waals surface area contributed by atoms with Crippen molar-refractivity contribution < 1.29 is 14.3 Å². The zero-order chi connectivity index (χ0) is 20.5. The zero-order valence-electron chi connectivity index (χ0n) is 15.0. The van der Waals surface area contributed by atoms with Crippen molar-refractivity contribution in [2.24, 2.45) is 5.10 Å². The Morgan fingerprint density at radius 2 is 1.93 bits per heavy atom. The number of hydrogen-bond donors (Lipinski definition) is 2. The number of benzene rings is 2. The maximum atomic E-state index is 11.9. The maximum absolute atomic E-state index is 11.9. The van der Waals surface area contributed by atoms with Crippen LogP contribution in [-0.2, 0) is 9.59 Å². The van der Waals surface area contributed by atoms with Gasteiger partial charge < -0.3 is 10.1 Å². The fourth-order valence-corrected chi connectivity index (χ4v) is 2.78. The summed E-state index contributed by atoms with van der Waals surface area (Å²) >= 11 is 15.1. The summed E-state index contributed by atoms with van der Waals surface area (Å²) < 4.78 is 6.49. The predicted octanol–water partition coefficient (Wildman–Crippen LogP) is 5.02. The van der Waals surface area contributed by atoms with Gasteiger partial charge in [-0.25, -0.2) is 5.43 Å². The molecular formula is C19H18BrCl2N3O3. The van der Waals surface area contributed by atoms with Crippen LogP contribution < -0.4 is 15.5 Å². The van der Waals surface area contributed by atoms with E-state index < -0.39 is 18.2 Å². The Hall–Kier alpha value is -2.09. The molecule has 0 unspecified atom stereocenters. The molecule has 0 radical (unpaired) electrons. The number of carbonyl (C=O) groups is 2. The van der Waals surface area contributed by atoms with Crippen LogP contribution in [0, 0.1) is 0 Å². The average molecular weight is 487 g/mol. The minimum absolute atomic E-state index is 0.309. The zero-order valence-corrected chi connectivity index (χ0v) is 18.1. The molecule has 2 aromatic carbocycles. The van der Waals surface area contributed by atoms with Gasteiger partial charge >= 0.3 is 0 Å². The second kappa shape index (κ2) is 11.0. The Bertz CT molecular complexity index is 891. The first-order valence-electron chi connectivity index (χ1n) is 8.38. The van der Waals surface area contributed by atoms with E-state index in [1.54, 1.807) is 12.1 Å². The number of nitrogens with zero attached hydrogens (tertiary/aromatic N) is 1. The number of rotatable bonds is 8. The molecule has 0 heterocycles. The monoisotopic (exact) mass is 485 g/mol. The van der Waals surface area contributed by atoms with E-state index >= 15 is 0 Å². The summed E-state index contributed by atoms with van der Waals surface area (Å²) in [5.41, 5.74) is 3.47. The van der Waals surface area contributed by atoms with Gasteiger partial charge in [0.2, 0.25) is 11.8 Å². The lowest BCUT2D eigenvalue weighted by molar-refractivity contribution is -0.126. The highest BCUT2D eigenvalue weighted by atomic mass is 79.9. The summed E-state index contributed by atoms with van der Waals surface area (Å²) in [6.07, 6.45) is 1.94. The van der Waals surface area contributed by atoms with Gasteiger partial charge in [-0.05, 0) is 42.8 Å². The molecule has 0 fully saturated rings. The van der Waals surface area contributed by atoms with Crippen molar-refractivity contribution in [3.8, 4) is 5.75 Å². The van der Waals surface area contributed by atoms with Crippen LogP contribution in [0.15, 0.2) is 46.0 Å². The van der Waals surface area contributed by atoms with E-state index in [2.05, 4.69) is 31.8 Å². The fourth-order valence-electron chi connectivity index (χ4n) is 2.10. The van der Waals surface area contributed by atoms with E-state index in [1.165, 1.54) is 12.3 Å². The van der Waals surface area contributed by atoms with Gasteiger partial charge in [-0.3, -0.25) is 9.59 Å². The van der Waals surface area contributed by atoms with Gasteiger partial charge in [0.15, 0.2) is 0 Å². The molecule has 9 heteroatoms. The minimum Gasteiger partial charge on any atom is -0.493 e. The van der Waals surface area contributed by atoms with E-state index in [0.717, 1.165) is 10.9 Å². The highest BCUT2D eigenvalue weighted by Gasteiger charge is 2.10. The van der Waals surface area contributed by atoms with Gasteiger partial charge in [-0.1, -0.05) is 46.1 Å². The van der Waals surface area contributed by atoms with Gasteiger partial charge in [-0.2, -0.15) is 5.10 Å². The molecule has 28 heavy (non-hydrogen) atoms. The number of amides is 2. The molecule has 0 atom stereocenters. The standard InChI is InChI=1S/C19H18BrCl2N3O3/c1-2-7-28-17-6-3-13(20)8-12(17)11-23-25-19(27)10-18(26)24-14-4-5-15(21)16(22)9-14/h3-6,8-9,11H,2,7,10H2,1H3,(H,24,26)(H,25,27). The van der Waals surface area contributed by atoms with Crippen LogP contribution in [-0.4, -0.2) is 24.6 Å². The average Bonchev–Trinajstić information content (AvgIpc) is 2.64. The highest BCUT2D eigenvalue weighted by molar-refractivity contribution is 9.10. The van der Waals surface area contributed by atoms with Gasteiger partial charge in [0.05, 0.1) is 22.9 Å². The molecule has 0 aliphatic rings. The number of hydrogen-bond acceptors (Lipinski definition) is 4. The predicted molar refractivity (Wildman–Crippen MR) is 115 cm³/mol. The highest BCUT2D eigenvalue weighted by Crippen LogP contribution is 2.25. The molecule has 6 nitrogen and oxygen atoms in total. The van der Waals surface area contributed by atoms with Gasteiger partial charge in [0.1, 0.15) is 12.2 Å². The molecule has 2 N–H and O–H groups in total. The van der Waals surface area contributed by atoms with E-state index in [4.69, 9.17) is 27.9 Å². The molecule has 0 aromatic heterocycles. The maximum Gasteiger partial charge on any atom is 0.249 e. The topological polar surface area (TPSA) is 79.8 Å². The molecule has 0 saturated carbocycles. The number of halogens is 3. The molecule has 0 aliphatic carbocycles. The Balaban J connectivity index is 1.90. The van der Waals surface area contributed by atoms with E-state index in [1.807, 2.05) is 25.1 Å². The Morgan fingerprint density at radius 1 is 1.14 bits per heavy atom. The van der Waals surface area contributed by atoms with Crippen molar-refractivity contribution in [1.82, 2.24) is 5.43 Å². The molecule has 0 aliphatic heterocycles. The van der Waals surface area contributed by atoms with Crippen LogP contribution in [0.4, 0.5) is 5.69 Å². The van der Waals surface area contributed by atoms with Gasteiger partial charge in [-0.15, -0.1) is 0 Å². The van der Waals surface area contributed by atoms with E-state index in [9.17, 15) is 9.59 Å². The molecule has 148 valence electrons. The van der Waals surface area contributed by atoms with Crippen molar-refractivity contribution >= 4 is 62.8 Å². The first kappa shape index (κ1) is 22.2. The third kappa shape index (κ3) is 7.14. The van der Waals surface area contributed by atoms with Crippen molar-refractivity contribution in [1.29, 1.82) is 0 Å². The summed E-state index contributed by atoms with van der Waals surface area (Å²) in [6.45, 7) is 2.58. The minimum atomic E-state index is -0.556. The summed E-state index contributed by atoms with van der Waals surface area (Å²) in [5.74, 6) is -0.402. The SMILES string of the molecule is CCCOc1ccc(Br)cc1C=NNC(=O)CC(=O)Nc1ccc(Cl)c(Cl)c1. The van der Waals surface area contributed by atoms with Gasteiger partial charge in [0, 0.05) is 15.7 Å². The molecule has 0 spiro atoms. The van der Waals surface area contributed by atoms with E-state index in [-0.39, 0.29) is 0 Å². The third-order valence-corrected chi connectivity index (χ3v) is 4.58. The van der Waals surface area contributed by atoms with Gasteiger partial charge in [0.25, 0.3) is 0 Å². The Labute approximate surface area is 181 Å². The smallest absolute Gasteiger partial charge is 0.249 e. The molecule has 0 bridgehead atoms. The summed E-state index contributed by atoms with van der Waals surface area (Å²) in [7, 11) is 0. The number of carbonyl (C=O) groups excluding carboxylic acids is 2. The lowest BCUT2D eigenvalue weighted by Gasteiger charge is -2.08. The number of ether oxygens (including phenoxy) is 1. The first-order valence-corrected chi connectivity index (χ1v) is 9.93. The molecule has 0 saturated heterocycles. The fraction of sp³-hybridized carbons (Fsp3) is 0.211. The van der Waals surface area contributed by atoms with Crippen molar-refractivity contribution in [2.45, 2.75) is 19.8 Å². The molecule has 2 amide bonds. The molecule has 2 rings (SSSR count). The van der Waals surface area contributed by atoms with Crippen LogP contribution in [0.25, 0.3) is 0 Å². The quantitative estimate of drug-likeness (QED) is 0.312. The number of hydrazone groups is 1. The van der Waals surface area contributed by atoms with Crippen LogP contribution in [0.3, 0.4) is 0 Å². The Morgan fingerprint density at radius 3 is 2.64 bits per heavy atom. The number of anilines is 1. The van der Waals surface area contributed by atoms with Crippen molar-refractivity contribution in [3.05, 3.63) is 56.5 Å². The Kier molecular flexibility index (Phi) is 8.76. The second-order valence-electron chi connectivity index (χ2n) is 5.68. The molecule has 2 aromatic rings. The third-order valence-electron chi connectivity index (χ3n) is 3.35. The van der Waals surface area contributed by atoms with Crippen LogP contribution in [0.5, 0.6) is 5.75 Å². The van der Waals surface area contributed by atoms with E-state index in [0.29, 0.717) is 33.7 Å². The normalized spacial score (nSPS) is 10.7. The largest absolute Gasteiger partial charge is 0.493 e. The summed E-state index contributed by atoms with van der Waals surface area (Å²) in [5, 5.41) is 7.15. The van der Waals surface area contributed by atoms with Crippen LogP contribution >= 0.6 is 39.1 Å². The molecular weight excluding hydrogens is 469 g/mol. The lowest BCUT2D eigenvalue weighted by Crippen LogP contribution is -2.24. The van der Waals surface area contributed by atoms with Crippen LogP contribution in [0.2, 0.25) is 10.0 Å².